The van der Waals surface area contributed by atoms with Crippen molar-refractivity contribution >= 4 is 17.7 Å². The number of aliphatic imine (C=N–C) groups is 1. The second kappa shape index (κ2) is 7.50. The molecule has 0 spiro atoms. The van der Waals surface area contributed by atoms with Crippen LogP contribution in [0.3, 0.4) is 0 Å². The molecule has 1 heterocycles. The molecule has 0 unspecified atom stereocenters. The second-order valence-electron chi connectivity index (χ2n) is 2.68. The van der Waals surface area contributed by atoms with E-state index in [4.69, 9.17) is 16.2 Å². The summed E-state index contributed by atoms with van der Waals surface area (Å²) in [5.74, 6) is 0.742. The van der Waals surface area contributed by atoms with Gasteiger partial charge in [-0.05, 0) is 13.0 Å². The lowest BCUT2D eigenvalue weighted by Crippen LogP contribution is -2.05. The molecule has 1 rings (SSSR count). The average Bonchev–Trinajstić information content (AvgIpc) is 2.29. The van der Waals surface area contributed by atoms with Gasteiger partial charge >= 0.3 is 0 Å². The fourth-order valence-electron chi connectivity index (χ4n) is 1.04. The zero-order valence-corrected chi connectivity index (χ0v) is 10.3. The van der Waals surface area contributed by atoms with Crippen LogP contribution in [0.15, 0.2) is 11.1 Å². The van der Waals surface area contributed by atoms with Gasteiger partial charge in [0.05, 0.1) is 12.3 Å². The van der Waals surface area contributed by atoms with Crippen molar-refractivity contribution in [1.29, 1.82) is 0 Å². The molecular weight excluding hydrogens is 204 g/mol. The van der Waals surface area contributed by atoms with Crippen molar-refractivity contribution in [2.45, 2.75) is 20.8 Å². The topological polar surface area (TPSA) is 86.5 Å². The molecule has 5 nitrogen and oxygen atoms in total. The molecule has 0 aliphatic heterocycles. The van der Waals surface area contributed by atoms with E-state index >= 15 is 0 Å². The molecular formula is C11H20N4O. The SMILES string of the molecule is CC.CCOc1nc(N)c(C=NC)cc1N. The zero-order chi connectivity index (χ0) is 12.6. The quantitative estimate of drug-likeness (QED) is 0.765. The Morgan fingerprint density at radius 1 is 1.44 bits per heavy atom. The van der Waals surface area contributed by atoms with Crippen molar-refractivity contribution in [3.63, 3.8) is 0 Å². The molecule has 1 aromatic heterocycles. The van der Waals surface area contributed by atoms with Crippen molar-refractivity contribution in [2.75, 3.05) is 25.1 Å². The van der Waals surface area contributed by atoms with E-state index in [0.717, 1.165) is 0 Å². The van der Waals surface area contributed by atoms with Crippen LogP contribution < -0.4 is 16.2 Å². The van der Waals surface area contributed by atoms with Crippen LogP contribution in [-0.2, 0) is 0 Å². The molecule has 0 amide bonds. The number of rotatable bonds is 3. The van der Waals surface area contributed by atoms with E-state index in [1.807, 2.05) is 20.8 Å². The fraction of sp³-hybridized carbons (Fsp3) is 0.455. The Morgan fingerprint density at radius 3 is 2.56 bits per heavy atom. The van der Waals surface area contributed by atoms with Crippen LogP contribution in [0.5, 0.6) is 5.88 Å². The van der Waals surface area contributed by atoms with Gasteiger partial charge in [0, 0.05) is 18.8 Å². The molecule has 0 aliphatic carbocycles. The Balaban J connectivity index is 0.00000106. The van der Waals surface area contributed by atoms with E-state index in [1.165, 1.54) is 0 Å². The second-order valence-corrected chi connectivity index (χ2v) is 2.68. The Morgan fingerprint density at radius 2 is 2.06 bits per heavy atom. The molecule has 90 valence electrons. The van der Waals surface area contributed by atoms with E-state index in [9.17, 15) is 0 Å². The molecule has 0 aromatic carbocycles. The minimum Gasteiger partial charge on any atom is -0.476 e. The van der Waals surface area contributed by atoms with Gasteiger partial charge in [0.2, 0.25) is 5.88 Å². The minimum absolute atomic E-state index is 0.369. The van der Waals surface area contributed by atoms with Crippen molar-refractivity contribution in [1.82, 2.24) is 4.98 Å². The van der Waals surface area contributed by atoms with Gasteiger partial charge in [-0.1, -0.05) is 13.8 Å². The van der Waals surface area contributed by atoms with Crippen LogP contribution in [0.4, 0.5) is 11.5 Å². The molecule has 1 aromatic rings. The van der Waals surface area contributed by atoms with Gasteiger partial charge in [-0.15, -0.1) is 0 Å². The smallest absolute Gasteiger partial charge is 0.239 e. The summed E-state index contributed by atoms with van der Waals surface area (Å²) >= 11 is 0. The van der Waals surface area contributed by atoms with E-state index in [-0.39, 0.29) is 0 Å². The van der Waals surface area contributed by atoms with Gasteiger partial charge < -0.3 is 16.2 Å². The van der Waals surface area contributed by atoms with Crippen molar-refractivity contribution in [2.24, 2.45) is 4.99 Å². The summed E-state index contributed by atoms with van der Waals surface area (Å²) in [5.41, 5.74) is 12.5. The lowest BCUT2D eigenvalue weighted by atomic mass is 10.2. The van der Waals surface area contributed by atoms with Crippen LogP contribution in [0.2, 0.25) is 0 Å². The van der Waals surface area contributed by atoms with E-state index in [1.54, 1.807) is 19.3 Å². The number of hydrogen-bond acceptors (Lipinski definition) is 5. The van der Waals surface area contributed by atoms with Gasteiger partial charge in [0.25, 0.3) is 0 Å². The first-order valence-electron chi connectivity index (χ1n) is 5.30. The predicted octanol–water partition coefficient (Wildman–Crippen LogP) is 1.72. The van der Waals surface area contributed by atoms with Crippen LogP contribution in [0.1, 0.15) is 26.3 Å². The first-order valence-corrected chi connectivity index (χ1v) is 5.30. The van der Waals surface area contributed by atoms with Gasteiger partial charge in [-0.2, -0.15) is 4.98 Å². The van der Waals surface area contributed by atoms with Crippen LogP contribution >= 0.6 is 0 Å². The Bertz CT molecular complexity index is 350. The standard InChI is InChI=1S/C9H14N4O.C2H6/c1-3-14-9-7(10)4-6(5-12-2)8(11)13-9;1-2/h4-5H,3,10H2,1-2H3,(H2,11,13);1-2H3. The highest BCUT2D eigenvalue weighted by molar-refractivity contribution is 5.87. The van der Waals surface area contributed by atoms with Crippen molar-refractivity contribution in [3.8, 4) is 5.88 Å². The lowest BCUT2D eigenvalue weighted by Gasteiger charge is -2.07. The molecule has 4 N–H and O–H groups in total. The summed E-state index contributed by atoms with van der Waals surface area (Å²) in [6, 6.07) is 1.69. The van der Waals surface area contributed by atoms with Gasteiger partial charge in [-0.3, -0.25) is 4.99 Å². The Hall–Kier alpha value is -1.78. The van der Waals surface area contributed by atoms with Crippen LogP contribution in [0.25, 0.3) is 0 Å². The van der Waals surface area contributed by atoms with Crippen LogP contribution in [0, 0.1) is 0 Å². The van der Waals surface area contributed by atoms with E-state index in [0.29, 0.717) is 29.6 Å². The van der Waals surface area contributed by atoms with Crippen molar-refractivity contribution < 1.29 is 4.74 Å². The highest BCUT2D eigenvalue weighted by Crippen LogP contribution is 2.22. The van der Waals surface area contributed by atoms with E-state index in [2.05, 4.69) is 9.98 Å². The lowest BCUT2D eigenvalue weighted by molar-refractivity contribution is 0.329. The maximum atomic E-state index is 5.70. The minimum atomic E-state index is 0.369. The number of nitrogen functional groups attached to an aromatic ring is 2. The predicted molar refractivity (Wildman–Crippen MR) is 69.1 cm³/mol. The summed E-state index contributed by atoms with van der Waals surface area (Å²) in [7, 11) is 1.66. The molecule has 0 fully saturated rings. The van der Waals surface area contributed by atoms with Crippen molar-refractivity contribution in [3.05, 3.63) is 11.6 Å². The normalized spacial score (nSPS) is 9.75. The summed E-state index contributed by atoms with van der Waals surface area (Å²) in [6.45, 7) is 6.37. The molecule has 0 atom stereocenters. The largest absolute Gasteiger partial charge is 0.476 e. The monoisotopic (exact) mass is 224 g/mol. The highest BCUT2D eigenvalue weighted by atomic mass is 16.5. The number of ether oxygens (including phenoxy) is 1. The van der Waals surface area contributed by atoms with Crippen LogP contribution in [-0.4, -0.2) is 24.9 Å². The number of anilines is 2. The number of nitrogens with two attached hydrogens (primary N) is 2. The van der Waals surface area contributed by atoms with Gasteiger partial charge in [0.1, 0.15) is 5.82 Å². The molecule has 0 aliphatic rings. The highest BCUT2D eigenvalue weighted by Gasteiger charge is 2.06. The first kappa shape index (κ1) is 14.2. The van der Waals surface area contributed by atoms with Gasteiger partial charge in [0.15, 0.2) is 0 Å². The third-order valence-electron chi connectivity index (χ3n) is 1.62. The fourth-order valence-corrected chi connectivity index (χ4v) is 1.04. The summed E-state index contributed by atoms with van der Waals surface area (Å²) in [5, 5.41) is 0. The molecule has 0 saturated carbocycles. The van der Waals surface area contributed by atoms with E-state index < -0.39 is 0 Å². The molecule has 0 radical (unpaired) electrons. The Labute approximate surface area is 96.5 Å². The third-order valence-corrected chi connectivity index (χ3v) is 1.62. The Kier molecular flexibility index (Phi) is 6.67. The molecule has 16 heavy (non-hydrogen) atoms. The maximum absolute atomic E-state index is 5.70. The number of aromatic nitrogens is 1. The molecule has 0 bridgehead atoms. The first-order chi connectivity index (χ1) is 7.69. The molecule has 0 saturated heterocycles. The third kappa shape index (κ3) is 3.76. The number of nitrogens with zero attached hydrogens (tertiary/aromatic N) is 2. The maximum Gasteiger partial charge on any atom is 0.239 e. The number of pyridine rings is 1. The average molecular weight is 224 g/mol. The summed E-state index contributed by atoms with van der Waals surface area (Å²) in [4.78, 5) is 7.86. The molecule has 5 heteroatoms. The summed E-state index contributed by atoms with van der Waals surface area (Å²) in [6.07, 6.45) is 1.61. The zero-order valence-electron chi connectivity index (χ0n) is 10.3. The van der Waals surface area contributed by atoms with Gasteiger partial charge in [-0.25, -0.2) is 0 Å². The summed E-state index contributed by atoms with van der Waals surface area (Å²) < 4.78 is 5.19. The number of hydrogen-bond donors (Lipinski definition) is 2.